The molecule has 0 saturated carbocycles. The summed E-state index contributed by atoms with van der Waals surface area (Å²) in [5.74, 6) is 1.48. The van der Waals surface area contributed by atoms with Crippen LogP contribution < -0.4 is 15.4 Å². The Bertz CT molecular complexity index is 537. The number of halogens is 1. The van der Waals surface area contributed by atoms with Crippen LogP contribution in [0.5, 0.6) is 5.75 Å². The fourth-order valence-corrected chi connectivity index (χ4v) is 2.77. The van der Waals surface area contributed by atoms with Gasteiger partial charge in [-0.15, -0.1) is 0 Å². The molecule has 2 N–H and O–H groups in total. The fourth-order valence-electron chi connectivity index (χ4n) is 2.58. The van der Waals surface area contributed by atoms with Gasteiger partial charge in [0.1, 0.15) is 12.4 Å². The van der Waals surface area contributed by atoms with Gasteiger partial charge >= 0.3 is 0 Å². The summed E-state index contributed by atoms with van der Waals surface area (Å²) in [4.78, 5) is 4.55. The second kappa shape index (κ2) is 12.8. The lowest BCUT2D eigenvalue weighted by Crippen LogP contribution is -2.39. The lowest BCUT2D eigenvalue weighted by molar-refractivity contribution is 0.0171. The van der Waals surface area contributed by atoms with Crippen molar-refractivity contribution in [1.82, 2.24) is 10.6 Å². The molecule has 0 aromatic heterocycles. The van der Waals surface area contributed by atoms with Gasteiger partial charge in [0, 0.05) is 26.3 Å². The van der Waals surface area contributed by atoms with Crippen LogP contribution in [0.15, 0.2) is 29.3 Å². The van der Waals surface area contributed by atoms with E-state index in [1.165, 1.54) is 0 Å². The van der Waals surface area contributed by atoms with E-state index in [4.69, 9.17) is 25.8 Å². The average Bonchev–Trinajstić information content (AvgIpc) is 3.16. The molecular formula is C19H30ClN3O3. The quantitative estimate of drug-likeness (QED) is 0.349. The molecule has 1 saturated heterocycles. The number of para-hydroxylation sites is 1. The van der Waals surface area contributed by atoms with Crippen molar-refractivity contribution in [2.75, 3.05) is 46.1 Å². The number of nitrogens with one attached hydrogen (secondary N) is 2. The van der Waals surface area contributed by atoms with Crippen LogP contribution in [0.4, 0.5) is 0 Å². The topological polar surface area (TPSA) is 64.1 Å². The summed E-state index contributed by atoms with van der Waals surface area (Å²) in [5, 5.41) is 7.10. The Kier molecular flexibility index (Phi) is 10.2. The Hall–Kier alpha value is -1.50. The van der Waals surface area contributed by atoms with Crippen LogP contribution in [-0.4, -0.2) is 58.1 Å². The van der Waals surface area contributed by atoms with Gasteiger partial charge in [-0.25, -0.2) is 0 Å². The molecule has 2 rings (SSSR count). The molecule has 0 radical (unpaired) electrons. The van der Waals surface area contributed by atoms with E-state index in [2.05, 4.69) is 15.6 Å². The highest BCUT2D eigenvalue weighted by Crippen LogP contribution is 2.22. The molecule has 1 fully saturated rings. The van der Waals surface area contributed by atoms with E-state index in [0.717, 1.165) is 38.4 Å². The maximum atomic E-state index is 6.07. The van der Waals surface area contributed by atoms with E-state index in [0.29, 0.717) is 43.7 Å². The molecule has 1 unspecified atom stereocenters. The number of nitrogens with zero attached hydrogens (tertiary/aromatic N) is 1. The van der Waals surface area contributed by atoms with Crippen molar-refractivity contribution >= 4 is 17.6 Å². The van der Waals surface area contributed by atoms with Gasteiger partial charge in [0.05, 0.1) is 24.3 Å². The summed E-state index contributed by atoms with van der Waals surface area (Å²) >= 11 is 6.07. The van der Waals surface area contributed by atoms with Gasteiger partial charge in [0.15, 0.2) is 5.96 Å². The summed E-state index contributed by atoms with van der Waals surface area (Å²) in [7, 11) is 0. The number of benzene rings is 1. The molecule has 1 aromatic carbocycles. The molecule has 0 aliphatic carbocycles. The number of rotatable bonds is 11. The minimum Gasteiger partial charge on any atom is -0.490 e. The summed E-state index contributed by atoms with van der Waals surface area (Å²) < 4.78 is 16.8. The molecule has 0 amide bonds. The van der Waals surface area contributed by atoms with Crippen molar-refractivity contribution in [3.63, 3.8) is 0 Å². The Morgan fingerprint density at radius 1 is 1.31 bits per heavy atom. The fraction of sp³-hybridized carbons (Fsp3) is 0.632. The van der Waals surface area contributed by atoms with E-state index >= 15 is 0 Å². The van der Waals surface area contributed by atoms with Gasteiger partial charge in [-0.2, -0.15) is 0 Å². The predicted molar refractivity (Wildman–Crippen MR) is 105 cm³/mol. The molecule has 1 heterocycles. The minimum absolute atomic E-state index is 0.288. The highest BCUT2D eigenvalue weighted by molar-refractivity contribution is 6.32. The minimum atomic E-state index is 0.288. The number of hydrogen-bond acceptors (Lipinski definition) is 4. The van der Waals surface area contributed by atoms with Gasteiger partial charge in [-0.05, 0) is 38.3 Å². The zero-order valence-electron chi connectivity index (χ0n) is 15.5. The van der Waals surface area contributed by atoms with E-state index < -0.39 is 0 Å². The highest BCUT2D eigenvalue weighted by Gasteiger charge is 2.14. The SMILES string of the molecule is CCNC(=NCCCOCC1CCCO1)NCCOc1ccccc1Cl. The second-order valence-electron chi connectivity index (χ2n) is 6.03. The summed E-state index contributed by atoms with van der Waals surface area (Å²) in [5.41, 5.74) is 0. The Morgan fingerprint density at radius 2 is 2.19 bits per heavy atom. The standard InChI is InChI=1S/C19H30ClN3O3/c1-2-21-19(22-10-6-12-24-15-16-7-5-13-25-16)23-11-14-26-18-9-4-3-8-17(18)20/h3-4,8-9,16H,2,5-7,10-15H2,1H3,(H2,21,22,23). The first-order valence-electron chi connectivity index (χ1n) is 9.38. The first kappa shape index (κ1) is 20.8. The molecule has 26 heavy (non-hydrogen) atoms. The summed E-state index contributed by atoms with van der Waals surface area (Å²) in [6, 6.07) is 7.46. The maximum absolute atomic E-state index is 6.07. The molecule has 1 aliphatic rings. The van der Waals surface area contributed by atoms with Crippen LogP contribution in [-0.2, 0) is 9.47 Å². The first-order chi connectivity index (χ1) is 12.8. The lowest BCUT2D eigenvalue weighted by Gasteiger charge is -2.13. The van der Waals surface area contributed by atoms with Crippen molar-refractivity contribution in [2.45, 2.75) is 32.3 Å². The van der Waals surface area contributed by atoms with Crippen LogP contribution >= 0.6 is 11.6 Å². The normalized spacial score (nSPS) is 17.3. The van der Waals surface area contributed by atoms with E-state index in [9.17, 15) is 0 Å². The number of aliphatic imine (C=N–C) groups is 1. The Labute approximate surface area is 161 Å². The third-order valence-electron chi connectivity index (χ3n) is 3.88. The third kappa shape index (κ3) is 8.25. The number of hydrogen-bond donors (Lipinski definition) is 2. The van der Waals surface area contributed by atoms with Crippen molar-refractivity contribution in [1.29, 1.82) is 0 Å². The smallest absolute Gasteiger partial charge is 0.191 e. The Balaban J connectivity index is 1.57. The molecule has 146 valence electrons. The predicted octanol–water partition coefficient (Wildman–Crippen LogP) is 2.86. The van der Waals surface area contributed by atoms with Crippen LogP contribution in [0, 0.1) is 0 Å². The molecule has 7 heteroatoms. The van der Waals surface area contributed by atoms with Crippen LogP contribution in [0.25, 0.3) is 0 Å². The summed E-state index contributed by atoms with van der Waals surface area (Å²) in [6.45, 7) is 7.00. The monoisotopic (exact) mass is 383 g/mol. The second-order valence-corrected chi connectivity index (χ2v) is 6.44. The third-order valence-corrected chi connectivity index (χ3v) is 4.19. The first-order valence-corrected chi connectivity index (χ1v) is 9.76. The van der Waals surface area contributed by atoms with Gasteiger partial charge in [-0.1, -0.05) is 23.7 Å². The van der Waals surface area contributed by atoms with Gasteiger partial charge in [0.2, 0.25) is 0 Å². The molecule has 1 aliphatic heterocycles. The lowest BCUT2D eigenvalue weighted by atomic mass is 10.2. The molecular weight excluding hydrogens is 354 g/mol. The van der Waals surface area contributed by atoms with Gasteiger partial charge in [0.25, 0.3) is 0 Å². The van der Waals surface area contributed by atoms with E-state index in [1.807, 2.05) is 31.2 Å². The zero-order chi connectivity index (χ0) is 18.5. The van der Waals surface area contributed by atoms with Crippen molar-refractivity contribution < 1.29 is 14.2 Å². The summed E-state index contributed by atoms with van der Waals surface area (Å²) in [6.07, 6.45) is 3.44. The van der Waals surface area contributed by atoms with Crippen LogP contribution in [0.3, 0.4) is 0 Å². The average molecular weight is 384 g/mol. The molecule has 1 aromatic rings. The zero-order valence-corrected chi connectivity index (χ0v) is 16.3. The maximum Gasteiger partial charge on any atom is 0.191 e. The van der Waals surface area contributed by atoms with Gasteiger partial charge < -0.3 is 24.8 Å². The largest absolute Gasteiger partial charge is 0.490 e. The van der Waals surface area contributed by atoms with E-state index in [1.54, 1.807) is 0 Å². The number of guanidine groups is 1. The molecule has 0 spiro atoms. The molecule has 0 bridgehead atoms. The highest BCUT2D eigenvalue weighted by atomic mass is 35.5. The van der Waals surface area contributed by atoms with Crippen LogP contribution in [0.2, 0.25) is 5.02 Å². The number of ether oxygens (including phenoxy) is 3. The van der Waals surface area contributed by atoms with Gasteiger partial charge in [-0.3, -0.25) is 4.99 Å². The molecule has 1 atom stereocenters. The van der Waals surface area contributed by atoms with Crippen LogP contribution in [0.1, 0.15) is 26.2 Å². The Morgan fingerprint density at radius 3 is 2.96 bits per heavy atom. The van der Waals surface area contributed by atoms with Crippen molar-refractivity contribution in [3.8, 4) is 5.75 Å². The van der Waals surface area contributed by atoms with E-state index in [-0.39, 0.29) is 6.10 Å². The van der Waals surface area contributed by atoms with Crippen molar-refractivity contribution in [3.05, 3.63) is 29.3 Å². The van der Waals surface area contributed by atoms with Crippen molar-refractivity contribution in [2.24, 2.45) is 4.99 Å². The molecule has 6 nitrogen and oxygen atoms in total.